The Labute approximate surface area is 124 Å². The Hall–Kier alpha value is -1.46. The van der Waals surface area contributed by atoms with E-state index in [1.165, 1.54) is 0 Å². The van der Waals surface area contributed by atoms with E-state index in [9.17, 15) is 0 Å². The molecule has 0 amide bonds. The SMILES string of the molecule is CCCNC(Cc1nc(C)cs1)c1ccncc1OC. The van der Waals surface area contributed by atoms with Crippen LogP contribution in [-0.2, 0) is 6.42 Å². The van der Waals surface area contributed by atoms with Gasteiger partial charge in [-0.3, -0.25) is 4.98 Å². The number of aromatic nitrogens is 2. The van der Waals surface area contributed by atoms with Crippen molar-refractivity contribution < 1.29 is 4.74 Å². The third-order valence-electron chi connectivity index (χ3n) is 3.10. The largest absolute Gasteiger partial charge is 0.495 e. The van der Waals surface area contributed by atoms with Gasteiger partial charge in [0.25, 0.3) is 0 Å². The van der Waals surface area contributed by atoms with Gasteiger partial charge >= 0.3 is 0 Å². The van der Waals surface area contributed by atoms with Gasteiger partial charge in [-0.1, -0.05) is 6.92 Å². The average Bonchev–Trinajstić information content (AvgIpc) is 2.88. The second-order valence-electron chi connectivity index (χ2n) is 4.71. The molecule has 1 unspecified atom stereocenters. The third-order valence-corrected chi connectivity index (χ3v) is 4.09. The first-order valence-electron chi connectivity index (χ1n) is 6.86. The first-order chi connectivity index (χ1) is 9.74. The molecular formula is C15H21N3OS. The molecule has 0 radical (unpaired) electrons. The van der Waals surface area contributed by atoms with Crippen molar-refractivity contribution in [3.05, 3.63) is 40.1 Å². The number of pyridine rings is 1. The molecule has 2 rings (SSSR count). The molecular weight excluding hydrogens is 270 g/mol. The molecule has 20 heavy (non-hydrogen) atoms. The maximum absolute atomic E-state index is 5.43. The molecule has 2 aromatic heterocycles. The van der Waals surface area contributed by atoms with E-state index in [-0.39, 0.29) is 6.04 Å². The highest BCUT2D eigenvalue weighted by molar-refractivity contribution is 7.09. The average molecular weight is 291 g/mol. The van der Waals surface area contributed by atoms with Crippen LogP contribution in [0.2, 0.25) is 0 Å². The first-order valence-corrected chi connectivity index (χ1v) is 7.74. The summed E-state index contributed by atoms with van der Waals surface area (Å²) in [6.07, 6.45) is 5.55. The lowest BCUT2D eigenvalue weighted by atomic mass is 10.0. The highest BCUT2D eigenvalue weighted by Gasteiger charge is 2.17. The highest BCUT2D eigenvalue weighted by Crippen LogP contribution is 2.27. The van der Waals surface area contributed by atoms with Crippen LogP contribution in [0.1, 0.15) is 35.7 Å². The Morgan fingerprint density at radius 1 is 1.45 bits per heavy atom. The quantitative estimate of drug-likeness (QED) is 0.851. The molecule has 0 saturated heterocycles. The van der Waals surface area contributed by atoms with Crippen LogP contribution < -0.4 is 10.1 Å². The number of hydrogen-bond donors (Lipinski definition) is 1. The van der Waals surface area contributed by atoms with Gasteiger partial charge in [0.2, 0.25) is 0 Å². The predicted octanol–water partition coefficient (Wildman–Crippen LogP) is 3.14. The first kappa shape index (κ1) is 14.9. The fourth-order valence-corrected chi connectivity index (χ4v) is 2.95. The molecule has 0 fully saturated rings. The van der Waals surface area contributed by atoms with E-state index < -0.39 is 0 Å². The molecule has 2 heterocycles. The zero-order valence-electron chi connectivity index (χ0n) is 12.2. The molecule has 0 aliphatic heterocycles. The van der Waals surface area contributed by atoms with Gasteiger partial charge in [0.15, 0.2) is 0 Å². The van der Waals surface area contributed by atoms with Gasteiger partial charge in [-0.15, -0.1) is 11.3 Å². The molecule has 108 valence electrons. The van der Waals surface area contributed by atoms with Crippen molar-refractivity contribution in [2.45, 2.75) is 32.7 Å². The zero-order valence-corrected chi connectivity index (χ0v) is 13.0. The van der Waals surface area contributed by atoms with Crippen LogP contribution in [0.25, 0.3) is 0 Å². The van der Waals surface area contributed by atoms with Crippen LogP contribution in [0, 0.1) is 6.92 Å². The summed E-state index contributed by atoms with van der Waals surface area (Å²) in [4.78, 5) is 8.69. The topological polar surface area (TPSA) is 47.0 Å². The van der Waals surface area contributed by atoms with Crippen LogP contribution in [0.3, 0.4) is 0 Å². The number of thiazole rings is 1. The molecule has 0 bridgehead atoms. The molecule has 5 heteroatoms. The van der Waals surface area contributed by atoms with E-state index in [4.69, 9.17) is 4.74 Å². The van der Waals surface area contributed by atoms with Crippen molar-refractivity contribution in [1.29, 1.82) is 0 Å². The number of nitrogens with zero attached hydrogens (tertiary/aromatic N) is 2. The standard InChI is InChI=1S/C15H21N3OS/c1-4-6-17-13(8-15-18-11(2)10-20-15)12-5-7-16-9-14(12)19-3/h5,7,9-10,13,17H,4,6,8H2,1-3H3. The lowest BCUT2D eigenvalue weighted by molar-refractivity contribution is 0.396. The summed E-state index contributed by atoms with van der Waals surface area (Å²) in [5, 5.41) is 6.82. The second kappa shape index (κ2) is 7.36. The molecule has 0 saturated carbocycles. The van der Waals surface area contributed by atoms with Crippen molar-refractivity contribution in [3.63, 3.8) is 0 Å². The van der Waals surface area contributed by atoms with Gasteiger partial charge < -0.3 is 10.1 Å². The van der Waals surface area contributed by atoms with Crippen LogP contribution in [0.15, 0.2) is 23.8 Å². The maximum atomic E-state index is 5.43. The molecule has 1 N–H and O–H groups in total. The summed E-state index contributed by atoms with van der Waals surface area (Å²) in [5.74, 6) is 0.828. The van der Waals surface area contributed by atoms with Crippen molar-refractivity contribution in [2.24, 2.45) is 0 Å². The summed E-state index contributed by atoms with van der Waals surface area (Å²) in [7, 11) is 1.69. The van der Waals surface area contributed by atoms with Gasteiger partial charge in [0.1, 0.15) is 5.75 Å². The predicted molar refractivity (Wildman–Crippen MR) is 82.4 cm³/mol. The summed E-state index contributed by atoms with van der Waals surface area (Å²) >= 11 is 1.71. The van der Waals surface area contributed by atoms with Gasteiger partial charge in [0, 0.05) is 35.3 Å². The molecule has 0 aliphatic rings. The fourth-order valence-electron chi connectivity index (χ4n) is 2.13. The normalized spacial score (nSPS) is 12.3. The van der Waals surface area contributed by atoms with E-state index in [1.54, 1.807) is 24.6 Å². The van der Waals surface area contributed by atoms with Gasteiger partial charge in [-0.2, -0.15) is 0 Å². The van der Waals surface area contributed by atoms with E-state index in [1.807, 2.05) is 19.2 Å². The number of methoxy groups -OCH3 is 1. The summed E-state index contributed by atoms with van der Waals surface area (Å²) in [6.45, 7) is 5.17. The number of hydrogen-bond acceptors (Lipinski definition) is 5. The Morgan fingerprint density at radius 2 is 2.30 bits per heavy atom. The number of rotatable bonds is 7. The molecule has 1 atom stereocenters. The Morgan fingerprint density at radius 3 is 2.95 bits per heavy atom. The third kappa shape index (κ3) is 3.77. The summed E-state index contributed by atoms with van der Waals surface area (Å²) in [5.41, 5.74) is 2.23. The minimum Gasteiger partial charge on any atom is -0.495 e. The Bertz CT molecular complexity index is 541. The van der Waals surface area contributed by atoms with Gasteiger partial charge in [0.05, 0.1) is 18.3 Å². The minimum atomic E-state index is 0.207. The van der Waals surface area contributed by atoms with Crippen molar-refractivity contribution >= 4 is 11.3 Å². The number of aryl methyl sites for hydroxylation is 1. The lowest BCUT2D eigenvalue weighted by Gasteiger charge is -2.20. The van der Waals surface area contributed by atoms with Gasteiger partial charge in [-0.05, 0) is 26.0 Å². The van der Waals surface area contributed by atoms with E-state index >= 15 is 0 Å². The zero-order chi connectivity index (χ0) is 14.4. The van der Waals surface area contributed by atoms with Crippen molar-refractivity contribution in [3.8, 4) is 5.75 Å². The molecule has 0 aliphatic carbocycles. The maximum Gasteiger partial charge on any atom is 0.141 e. The van der Waals surface area contributed by atoms with Crippen LogP contribution in [-0.4, -0.2) is 23.6 Å². The Kier molecular flexibility index (Phi) is 5.49. The second-order valence-corrected chi connectivity index (χ2v) is 5.65. The van der Waals surface area contributed by atoms with E-state index in [0.717, 1.165) is 41.4 Å². The molecule has 0 spiro atoms. The highest BCUT2D eigenvalue weighted by atomic mass is 32.1. The molecule has 2 aromatic rings. The lowest BCUT2D eigenvalue weighted by Crippen LogP contribution is -2.24. The number of ether oxygens (including phenoxy) is 1. The van der Waals surface area contributed by atoms with Gasteiger partial charge in [-0.25, -0.2) is 4.98 Å². The summed E-state index contributed by atoms with van der Waals surface area (Å²) in [6, 6.07) is 2.23. The van der Waals surface area contributed by atoms with Crippen molar-refractivity contribution in [2.75, 3.05) is 13.7 Å². The minimum absolute atomic E-state index is 0.207. The Balaban J connectivity index is 2.22. The number of nitrogens with one attached hydrogen (secondary N) is 1. The monoisotopic (exact) mass is 291 g/mol. The van der Waals surface area contributed by atoms with Crippen molar-refractivity contribution in [1.82, 2.24) is 15.3 Å². The van der Waals surface area contributed by atoms with Crippen LogP contribution in [0.4, 0.5) is 0 Å². The molecule has 0 aromatic carbocycles. The summed E-state index contributed by atoms with van der Waals surface area (Å²) < 4.78 is 5.43. The fraction of sp³-hybridized carbons (Fsp3) is 0.467. The van der Waals surface area contributed by atoms with E-state index in [2.05, 4.69) is 27.6 Å². The van der Waals surface area contributed by atoms with E-state index in [0.29, 0.717) is 0 Å². The van der Waals surface area contributed by atoms with Crippen LogP contribution >= 0.6 is 11.3 Å². The smallest absolute Gasteiger partial charge is 0.141 e. The molecule has 4 nitrogen and oxygen atoms in total. The van der Waals surface area contributed by atoms with Crippen LogP contribution in [0.5, 0.6) is 5.75 Å².